The van der Waals surface area contributed by atoms with E-state index in [2.05, 4.69) is 37.0 Å². The minimum absolute atomic E-state index is 0.0867. The first-order valence-corrected chi connectivity index (χ1v) is 11.3. The summed E-state index contributed by atoms with van der Waals surface area (Å²) in [6, 6.07) is 8.67. The average molecular weight is 381 g/mol. The number of halogens is 1. The van der Waals surface area contributed by atoms with Gasteiger partial charge in [-0.2, -0.15) is 0 Å². The highest BCUT2D eigenvalue weighted by atomic mass is 35.5. The Morgan fingerprint density at radius 1 is 1.20 bits per heavy atom. The van der Waals surface area contributed by atoms with Crippen LogP contribution in [-0.2, 0) is 14.3 Å². The van der Waals surface area contributed by atoms with Gasteiger partial charge in [-0.1, -0.05) is 38.3 Å². The van der Waals surface area contributed by atoms with Gasteiger partial charge in [0.25, 0.3) is 0 Å². The Hall–Kier alpha value is -1.90. The number of ether oxygens (including phenoxy) is 3. The molecule has 1 rings (SSSR count). The Morgan fingerprint density at radius 2 is 1.84 bits per heavy atom. The zero-order valence-corrected chi connectivity index (χ0v) is 17.2. The van der Waals surface area contributed by atoms with Gasteiger partial charge in [-0.05, 0) is 36.3 Å². The summed E-state index contributed by atoms with van der Waals surface area (Å²) in [5.74, 6) is 2.86. The number of carbonyl (C=O) groups excluding carboxylic acids is 1. The molecule has 0 fully saturated rings. The van der Waals surface area contributed by atoms with Gasteiger partial charge in [-0.25, -0.2) is 4.79 Å². The smallest absolute Gasteiger partial charge is 0.377 e. The topological polar surface area (TPSA) is 44.8 Å². The summed E-state index contributed by atoms with van der Waals surface area (Å²) in [5, 5.41) is 0.376. The predicted octanol–water partition coefficient (Wildman–Crippen LogP) is 4.78. The normalized spacial score (nSPS) is 11.4. The molecule has 0 saturated carbocycles. The standard InChI is InChI=1S/C19H25ClO4Si/c1-6-25(7-2,8-3)12-11-15-9-10-16(20)17(13-15)24-18(14-22-4)19(21)23-5/h9-10,13-14H,6-8H2,1-5H3/b18-14-. The Labute approximate surface area is 156 Å². The fourth-order valence-corrected chi connectivity index (χ4v) is 4.92. The van der Waals surface area contributed by atoms with E-state index in [1.165, 1.54) is 20.5 Å². The Balaban J connectivity index is 3.16. The molecular formula is C19H25ClO4Si. The van der Waals surface area contributed by atoms with Crippen molar-refractivity contribution in [1.29, 1.82) is 0 Å². The molecular weight excluding hydrogens is 356 g/mol. The lowest BCUT2D eigenvalue weighted by molar-refractivity contribution is -0.138. The van der Waals surface area contributed by atoms with Gasteiger partial charge in [0.2, 0.25) is 5.76 Å². The van der Waals surface area contributed by atoms with Crippen LogP contribution in [0.1, 0.15) is 26.3 Å². The fraction of sp³-hybridized carbons (Fsp3) is 0.421. The third-order valence-corrected chi connectivity index (χ3v) is 9.29. The molecule has 0 radical (unpaired) electrons. The first-order chi connectivity index (χ1) is 11.9. The zero-order valence-electron chi connectivity index (χ0n) is 15.4. The minimum atomic E-state index is -1.54. The third kappa shape index (κ3) is 5.84. The van der Waals surface area contributed by atoms with Crippen LogP contribution < -0.4 is 4.74 Å². The van der Waals surface area contributed by atoms with Gasteiger partial charge in [0.1, 0.15) is 20.1 Å². The summed E-state index contributed by atoms with van der Waals surface area (Å²) in [5.41, 5.74) is 4.32. The monoisotopic (exact) mass is 380 g/mol. The number of hydrogen-bond donors (Lipinski definition) is 0. The van der Waals surface area contributed by atoms with E-state index < -0.39 is 14.0 Å². The van der Waals surface area contributed by atoms with Crippen molar-refractivity contribution in [2.75, 3.05) is 14.2 Å². The molecule has 0 aliphatic heterocycles. The molecule has 136 valence electrons. The summed E-state index contributed by atoms with van der Waals surface area (Å²) in [6.45, 7) is 6.63. The van der Waals surface area contributed by atoms with Gasteiger partial charge in [-0.3, -0.25) is 0 Å². The van der Waals surface area contributed by atoms with Gasteiger partial charge in [0.15, 0.2) is 0 Å². The molecule has 0 saturated heterocycles. The lowest BCUT2D eigenvalue weighted by atomic mass is 10.2. The predicted molar refractivity (Wildman–Crippen MR) is 103 cm³/mol. The molecule has 1 aromatic rings. The third-order valence-electron chi connectivity index (χ3n) is 4.26. The molecule has 0 spiro atoms. The van der Waals surface area contributed by atoms with Crippen molar-refractivity contribution in [3.05, 3.63) is 40.8 Å². The second-order valence-electron chi connectivity index (χ2n) is 5.55. The van der Waals surface area contributed by atoms with Crippen LogP contribution in [-0.4, -0.2) is 28.3 Å². The molecule has 0 amide bonds. The summed E-state index contributed by atoms with van der Waals surface area (Å²) < 4.78 is 15.1. The molecule has 0 bridgehead atoms. The minimum Gasteiger partial charge on any atom is -0.500 e. The number of carbonyl (C=O) groups is 1. The molecule has 25 heavy (non-hydrogen) atoms. The van der Waals surface area contributed by atoms with E-state index in [9.17, 15) is 4.79 Å². The maximum Gasteiger partial charge on any atom is 0.377 e. The zero-order chi connectivity index (χ0) is 18.9. The van der Waals surface area contributed by atoms with Gasteiger partial charge < -0.3 is 14.2 Å². The molecule has 0 atom stereocenters. The Kier molecular flexibility index (Phi) is 8.60. The molecule has 0 aliphatic carbocycles. The maximum atomic E-state index is 11.7. The highest BCUT2D eigenvalue weighted by Gasteiger charge is 2.24. The van der Waals surface area contributed by atoms with Crippen molar-refractivity contribution in [1.82, 2.24) is 0 Å². The van der Waals surface area contributed by atoms with E-state index in [1.807, 2.05) is 6.07 Å². The molecule has 4 nitrogen and oxygen atoms in total. The van der Waals surface area contributed by atoms with Gasteiger partial charge in [-0.15, -0.1) is 5.54 Å². The van der Waals surface area contributed by atoms with E-state index in [1.54, 1.807) is 12.1 Å². The van der Waals surface area contributed by atoms with Crippen LogP contribution >= 0.6 is 11.6 Å². The summed E-state index contributed by atoms with van der Waals surface area (Å²) in [7, 11) is 1.14. The van der Waals surface area contributed by atoms with Crippen LogP contribution in [0.4, 0.5) is 0 Å². The summed E-state index contributed by atoms with van der Waals surface area (Å²) in [4.78, 5) is 11.7. The lowest BCUT2D eigenvalue weighted by Crippen LogP contribution is -2.29. The number of methoxy groups -OCH3 is 2. The van der Waals surface area contributed by atoms with E-state index in [-0.39, 0.29) is 5.76 Å². The van der Waals surface area contributed by atoms with Crippen LogP contribution in [0.3, 0.4) is 0 Å². The van der Waals surface area contributed by atoms with Gasteiger partial charge >= 0.3 is 5.97 Å². The SMILES string of the molecule is CC[Si](C#Cc1ccc(Cl)c(O/C(=C\OC)C(=O)OC)c1)(CC)CC. The molecule has 1 aromatic carbocycles. The van der Waals surface area contributed by atoms with E-state index in [0.29, 0.717) is 10.8 Å². The lowest BCUT2D eigenvalue weighted by Gasteiger charge is -2.20. The van der Waals surface area contributed by atoms with Gasteiger partial charge in [0.05, 0.1) is 19.2 Å². The van der Waals surface area contributed by atoms with E-state index >= 15 is 0 Å². The van der Waals surface area contributed by atoms with Crippen molar-refractivity contribution in [2.45, 2.75) is 38.9 Å². The van der Waals surface area contributed by atoms with Crippen molar-refractivity contribution in [3.8, 4) is 17.2 Å². The molecule has 0 aliphatic rings. The highest BCUT2D eigenvalue weighted by Crippen LogP contribution is 2.28. The summed E-state index contributed by atoms with van der Waals surface area (Å²) in [6.07, 6.45) is 1.17. The molecule has 0 unspecified atom stereocenters. The Morgan fingerprint density at radius 3 is 2.36 bits per heavy atom. The summed E-state index contributed by atoms with van der Waals surface area (Å²) >= 11 is 6.18. The van der Waals surface area contributed by atoms with Crippen molar-refractivity contribution in [3.63, 3.8) is 0 Å². The first kappa shape index (κ1) is 21.1. The van der Waals surface area contributed by atoms with E-state index in [0.717, 1.165) is 23.7 Å². The molecule has 0 heterocycles. The molecule has 0 N–H and O–H groups in total. The number of benzene rings is 1. The van der Waals surface area contributed by atoms with Crippen LogP contribution in [0.25, 0.3) is 0 Å². The number of esters is 1. The highest BCUT2D eigenvalue weighted by molar-refractivity contribution is 6.87. The van der Waals surface area contributed by atoms with Crippen LogP contribution in [0.2, 0.25) is 23.2 Å². The van der Waals surface area contributed by atoms with Crippen LogP contribution in [0.15, 0.2) is 30.2 Å². The quantitative estimate of drug-likeness (QED) is 0.224. The van der Waals surface area contributed by atoms with Crippen LogP contribution in [0, 0.1) is 11.5 Å². The number of hydrogen-bond acceptors (Lipinski definition) is 4. The second-order valence-corrected chi connectivity index (χ2v) is 10.9. The van der Waals surface area contributed by atoms with Crippen molar-refractivity contribution < 1.29 is 19.0 Å². The van der Waals surface area contributed by atoms with Crippen molar-refractivity contribution >= 4 is 25.6 Å². The van der Waals surface area contributed by atoms with Crippen LogP contribution in [0.5, 0.6) is 5.75 Å². The van der Waals surface area contributed by atoms with Crippen molar-refractivity contribution in [2.24, 2.45) is 0 Å². The Bertz CT molecular complexity index is 676. The fourth-order valence-electron chi connectivity index (χ4n) is 2.32. The first-order valence-electron chi connectivity index (χ1n) is 8.27. The maximum absolute atomic E-state index is 11.7. The number of rotatable bonds is 7. The van der Waals surface area contributed by atoms with E-state index in [4.69, 9.17) is 21.1 Å². The molecule has 0 aromatic heterocycles. The second kappa shape index (κ2) is 10.2. The largest absolute Gasteiger partial charge is 0.500 e. The van der Waals surface area contributed by atoms with Gasteiger partial charge in [0, 0.05) is 5.56 Å². The average Bonchev–Trinajstić information content (AvgIpc) is 2.64. The molecule has 6 heteroatoms.